The summed E-state index contributed by atoms with van der Waals surface area (Å²) in [5.74, 6) is 0.00222. The smallest absolute Gasteiger partial charge is 0.130 e. The van der Waals surface area contributed by atoms with Crippen LogP contribution in [0.3, 0.4) is 0 Å². The quantitative estimate of drug-likeness (QED) is 0.675. The molecule has 0 fully saturated rings. The van der Waals surface area contributed by atoms with E-state index in [9.17, 15) is 4.39 Å². The molecule has 0 spiro atoms. The van der Waals surface area contributed by atoms with Gasteiger partial charge < -0.3 is 5.73 Å². The fraction of sp³-hybridized carbons (Fsp3) is 0.400. The molecule has 2 rings (SSSR count). The molecule has 1 aromatic rings. The maximum absolute atomic E-state index is 13.5. The third-order valence-electron chi connectivity index (χ3n) is 2.55. The predicted octanol–water partition coefficient (Wildman–Crippen LogP) is 1.83. The molecule has 1 aliphatic carbocycles. The lowest BCUT2D eigenvalue weighted by atomic mass is 10.1. The van der Waals surface area contributed by atoms with E-state index in [2.05, 4.69) is 0 Å². The molecule has 0 amide bonds. The topological polar surface area (TPSA) is 26.0 Å². The van der Waals surface area contributed by atoms with E-state index in [1.807, 2.05) is 24.3 Å². The lowest BCUT2D eigenvalue weighted by Gasteiger charge is -2.08. The molecule has 1 aliphatic rings. The van der Waals surface area contributed by atoms with Gasteiger partial charge in [-0.3, -0.25) is 0 Å². The summed E-state index contributed by atoms with van der Waals surface area (Å²) >= 11 is 0. The van der Waals surface area contributed by atoms with Crippen molar-refractivity contribution >= 4 is 0 Å². The molecular formula is C10H12FN. The van der Waals surface area contributed by atoms with Crippen LogP contribution in [0.5, 0.6) is 0 Å². The zero-order valence-electron chi connectivity index (χ0n) is 6.83. The lowest BCUT2D eigenvalue weighted by molar-refractivity contribution is 0.258. The SMILES string of the molecule is NCC1Cc2ccccc2C1F. The van der Waals surface area contributed by atoms with Crippen LogP contribution in [0.2, 0.25) is 0 Å². The van der Waals surface area contributed by atoms with Crippen molar-refractivity contribution < 1.29 is 4.39 Å². The first-order valence-corrected chi connectivity index (χ1v) is 4.25. The Kier molecular flexibility index (Phi) is 1.85. The average molecular weight is 165 g/mol. The number of benzene rings is 1. The van der Waals surface area contributed by atoms with Crippen LogP contribution < -0.4 is 5.73 Å². The Bertz CT molecular complexity index is 285. The molecule has 2 N–H and O–H groups in total. The van der Waals surface area contributed by atoms with Crippen molar-refractivity contribution in [3.63, 3.8) is 0 Å². The monoisotopic (exact) mass is 165 g/mol. The zero-order valence-corrected chi connectivity index (χ0v) is 6.83. The van der Waals surface area contributed by atoms with Crippen molar-refractivity contribution in [2.24, 2.45) is 11.7 Å². The minimum absolute atomic E-state index is 0.00222. The molecule has 2 heteroatoms. The maximum atomic E-state index is 13.5. The second-order valence-electron chi connectivity index (χ2n) is 3.30. The van der Waals surface area contributed by atoms with Gasteiger partial charge in [0.15, 0.2) is 0 Å². The van der Waals surface area contributed by atoms with Gasteiger partial charge in [0.2, 0.25) is 0 Å². The van der Waals surface area contributed by atoms with Gasteiger partial charge in [-0.25, -0.2) is 4.39 Å². The van der Waals surface area contributed by atoms with E-state index >= 15 is 0 Å². The van der Waals surface area contributed by atoms with Gasteiger partial charge >= 0.3 is 0 Å². The van der Waals surface area contributed by atoms with Crippen LogP contribution in [0.15, 0.2) is 24.3 Å². The largest absolute Gasteiger partial charge is 0.330 e. The molecule has 64 valence electrons. The van der Waals surface area contributed by atoms with Crippen LogP contribution in [0, 0.1) is 5.92 Å². The van der Waals surface area contributed by atoms with Crippen LogP contribution in [-0.4, -0.2) is 6.54 Å². The predicted molar refractivity (Wildman–Crippen MR) is 46.5 cm³/mol. The van der Waals surface area contributed by atoms with Crippen LogP contribution in [0.1, 0.15) is 17.3 Å². The first-order chi connectivity index (χ1) is 5.83. The maximum Gasteiger partial charge on any atom is 0.130 e. The molecule has 1 nitrogen and oxygen atoms in total. The van der Waals surface area contributed by atoms with Crippen molar-refractivity contribution in [3.05, 3.63) is 35.4 Å². The van der Waals surface area contributed by atoms with Crippen molar-refractivity contribution in [1.82, 2.24) is 0 Å². The molecule has 2 atom stereocenters. The van der Waals surface area contributed by atoms with E-state index in [1.54, 1.807) is 0 Å². The standard InChI is InChI=1S/C10H12FN/c11-10-8(6-12)5-7-3-1-2-4-9(7)10/h1-4,8,10H,5-6,12H2. The van der Waals surface area contributed by atoms with Gasteiger partial charge in [0.1, 0.15) is 6.17 Å². The Balaban J connectivity index is 2.35. The lowest BCUT2D eigenvalue weighted by Crippen LogP contribution is -2.16. The van der Waals surface area contributed by atoms with Crippen molar-refractivity contribution in [2.75, 3.05) is 6.54 Å². The van der Waals surface area contributed by atoms with Crippen LogP contribution in [-0.2, 0) is 6.42 Å². The third-order valence-corrected chi connectivity index (χ3v) is 2.55. The minimum Gasteiger partial charge on any atom is -0.330 e. The Labute approximate surface area is 71.4 Å². The summed E-state index contributed by atoms with van der Waals surface area (Å²) in [6, 6.07) is 7.67. The van der Waals surface area contributed by atoms with Crippen molar-refractivity contribution in [2.45, 2.75) is 12.6 Å². The van der Waals surface area contributed by atoms with E-state index in [0.29, 0.717) is 6.54 Å². The number of alkyl halides is 1. The number of hydrogen-bond donors (Lipinski definition) is 1. The summed E-state index contributed by atoms with van der Waals surface area (Å²) in [5.41, 5.74) is 7.43. The molecular weight excluding hydrogens is 153 g/mol. The van der Waals surface area contributed by atoms with Gasteiger partial charge in [-0.2, -0.15) is 0 Å². The Morgan fingerprint density at radius 2 is 2.17 bits per heavy atom. The van der Waals surface area contributed by atoms with Gasteiger partial charge in [0.25, 0.3) is 0 Å². The van der Waals surface area contributed by atoms with Gasteiger partial charge in [-0.05, 0) is 24.1 Å². The summed E-state index contributed by atoms with van der Waals surface area (Å²) in [5, 5.41) is 0. The Hall–Kier alpha value is -0.890. The summed E-state index contributed by atoms with van der Waals surface area (Å²) in [4.78, 5) is 0. The molecule has 0 saturated heterocycles. The van der Waals surface area contributed by atoms with Crippen LogP contribution in [0.25, 0.3) is 0 Å². The zero-order chi connectivity index (χ0) is 8.55. The van der Waals surface area contributed by atoms with Crippen molar-refractivity contribution in [3.8, 4) is 0 Å². The van der Waals surface area contributed by atoms with Crippen molar-refractivity contribution in [1.29, 1.82) is 0 Å². The highest BCUT2D eigenvalue weighted by Crippen LogP contribution is 2.37. The molecule has 2 unspecified atom stereocenters. The highest BCUT2D eigenvalue weighted by molar-refractivity contribution is 5.34. The molecule has 1 aromatic carbocycles. The van der Waals surface area contributed by atoms with Gasteiger partial charge in [0, 0.05) is 5.92 Å². The van der Waals surface area contributed by atoms with E-state index in [0.717, 1.165) is 17.5 Å². The fourth-order valence-corrected chi connectivity index (χ4v) is 1.83. The average Bonchev–Trinajstić information content (AvgIpc) is 2.44. The molecule has 12 heavy (non-hydrogen) atoms. The highest BCUT2D eigenvalue weighted by atomic mass is 19.1. The summed E-state index contributed by atoms with van der Waals surface area (Å²) in [6.07, 6.45) is -0.0420. The summed E-state index contributed by atoms with van der Waals surface area (Å²) in [6.45, 7) is 0.440. The molecule has 0 saturated carbocycles. The van der Waals surface area contributed by atoms with Gasteiger partial charge in [-0.1, -0.05) is 24.3 Å². The molecule has 0 bridgehead atoms. The van der Waals surface area contributed by atoms with E-state index in [4.69, 9.17) is 5.73 Å². The van der Waals surface area contributed by atoms with E-state index in [-0.39, 0.29) is 5.92 Å². The molecule has 0 heterocycles. The van der Waals surface area contributed by atoms with Crippen LogP contribution >= 0.6 is 0 Å². The second kappa shape index (κ2) is 2.87. The number of rotatable bonds is 1. The second-order valence-corrected chi connectivity index (χ2v) is 3.30. The molecule has 0 radical (unpaired) electrons. The normalized spacial score (nSPS) is 27.2. The van der Waals surface area contributed by atoms with Gasteiger partial charge in [0.05, 0.1) is 0 Å². The number of nitrogens with two attached hydrogens (primary N) is 1. The highest BCUT2D eigenvalue weighted by Gasteiger charge is 2.30. The fourth-order valence-electron chi connectivity index (χ4n) is 1.83. The number of halogens is 1. The Morgan fingerprint density at radius 3 is 2.83 bits per heavy atom. The van der Waals surface area contributed by atoms with E-state index < -0.39 is 6.17 Å². The Morgan fingerprint density at radius 1 is 1.42 bits per heavy atom. The van der Waals surface area contributed by atoms with Gasteiger partial charge in [-0.15, -0.1) is 0 Å². The minimum atomic E-state index is -0.841. The molecule has 0 aliphatic heterocycles. The molecule has 0 aromatic heterocycles. The van der Waals surface area contributed by atoms with E-state index in [1.165, 1.54) is 0 Å². The summed E-state index contributed by atoms with van der Waals surface area (Å²) < 4.78 is 13.5. The third kappa shape index (κ3) is 1.03. The number of hydrogen-bond acceptors (Lipinski definition) is 1. The number of fused-ring (bicyclic) bond motifs is 1. The van der Waals surface area contributed by atoms with Crippen LogP contribution in [0.4, 0.5) is 4.39 Å². The first kappa shape index (κ1) is 7.74. The first-order valence-electron chi connectivity index (χ1n) is 4.25. The summed E-state index contributed by atoms with van der Waals surface area (Å²) in [7, 11) is 0.